The Balaban J connectivity index is 2.36. The van der Waals surface area contributed by atoms with E-state index < -0.39 is 16.5 Å². The second-order valence-electron chi connectivity index (χ2n) is 5.31. The molecule has 0 fully saturated rings. The Kier molecular flexibility index (Phi) is 6.19. The van der Waals surface area contributed by atoms with Crippen LogP contribution in [0, 0.1) is 10.1 Å². The average molecular weight is 394 g/mol. The van der Waals surface area contributed by atoms with Crippen molar-refractivity contribution in [2.75, 3.05) is 24.9 Å². The van der Waals surface area contributed by atoms with Crippen molar-refractivity contribution in [2.45, 2.75) is 6.92 Å². The van der Waals surface area contributed by atoms with Crippen LogP contribution in [0.5, 0.6) is 11.5 Å². The molecular formula is C17H16ClN3O6. The predicted molar refractivity (Wildman–Crippen MR) is 99.9 cm³/mol. The lowest BCUT2D eigenvalue weighted by Gasteiger charge is -2.12. The highest BCUT2D eigenvalue weighted by Crippen LogP contribution is 2.35. The standard InChI is InChI=1S/C17H16ClN3O6/c1-9(22)19-13-5-4-10(6-12(13)18)20-17(23)11-7-15(26-2)16(27-3)8-14(11)21(24)25/h4-8H,1-3H3,(H,19,22)(H,20,23). The Bertz CT molecular complexity index is 916. The first-order valence-electron chi connectivity index (χ1n) is 7.55. The van der Waals surface area contributed by atoms with Crippen LogP contribution in [0.3, 0.4) is 0 Å². The molecule has 0 spiro atoms. The Labute approximate surface area is 159 Å². The number of methoxy groups -OCH3 is 2. The summed E-state index contributed by atoms with van der Waals surface area (Å²) in [5.41, 5.74) is 0.0215. The summed E-state index contributed by atoms with van der Waals surface area (Å²) in [6.07, 6.45) is 0. The van der Waals surface area contributed by atoms with E-state index in [0.717, 1.165) is 6.07 Å². The van der Waals surface area contributed by atoms with E-state index >= 15 is 0 Å². The second-order valence-corrected chi connectivity index (χ2v) is 5.72. The van der Waals surface area contributed by atoms with Gasteiger partial charge in [-0.05, 0) is 18.2 Å². The number of nitrogens with zero attached hydrogens (tertiary/aromatic N) is 1. The maximum absolute atomic E-state index is 12.6. The van der Waals surface area contributed by atoms with Crippen LogP contribution < -0.4 is 20.1 Å². The van der Waals surface area contributed by atoms with Gasteiger partial charge < -0.3 is 20.1 Å². The molecule has 2 N–H and O–H groups in total. The van der Waals surface area contributed by atoms with Crippen molar-refractivity contribution in [1.82, 2.24) is 0 Å². The van der Waals surface area contributed by atoms with Crippen LogP contribution in [0.15, 0.2) is 30.3 Å². The molecular weight excluding hydrogens is 378 g/mol. The van der Waals surface area contributed by atoms with Gasteiger partial charge in [0.1, 0.15) is 5.56 Å². The summed E-state index contributed by atoms with van der Waals surface area (Å²) in [7, 11) is 2.69. The highest BCUT2D eigenvalue weighted by Gasteiger charge is 2.24. The van der Waals surface area contributed by atoms with Crippen molar-refractivity contribution >= 4 is 40.5 Å². The molecule has 0 aliphatic rings. The first-order valence-corrected chi connectivity index (χ1v) is 7.93. The van der Waals surface area contributed by atoms with E-state index in [0.29, 0.717) is 11.4 Å². The number of hydrogen-bond acceptors (Lipinski definition) is 6. The van der Waals surface area contributed by atoms with Crippen LogP contribution in [-0.2, 0) is 4.79 Å². The van der Waals surface area contributed by atoms with Crippen LogP contribution in [0.4, 0.5) is 17.1 Å². The van der Waals surface area contributed by atoms with Crippen LogP contribution >= 0.6 is 11.6 Å². The summed E-state index contributed by atoms with van der Waals surface area (Å²) in [6, 6.07) is 6.75. The minimum Gasteiger partial charge on any atom is -0.493 e. The Morgan fingerprint density at radius 3 is 2.22 bits per heavy atom. The number of carbonyl (C=O) groups is 2. The highest BCUT2D eigenvalue weighted by molar-refractivity contribution is 6.34. The SMILES string of the molecule is COc1cc(C(=O)Nc2ccc(NC(C)=O)c(Cl)c2)c([N+](=O)[O-])cc1OC. The predicted octanol–water partition coefficient (Wildman–Crippen LogP) is 3.48. The number of benzene rings is 2. The highest BCUT2D eigenvalue weighted by atomic mass is 35.5. The van der Waals surface area contributed by atoms with Gasteiger partial charge in [0.25, 0.3) is 11.6 Å². The molecule has 9 nitrogen and oxygen atoms in total. The monoisotopic (exact) mass is 393 g/mol. The van der Waals surface area contributed by atoms with Gasteiger partial charge in [0.2, 0.25) is 5.91 Å². The third kappa shape index (κ3) is 4.64. The Hall–Kier alpha value is -3.33. The van der Waals surface area contributed by atoms with Gasteiger partial charge in [-0.1, -0.05) is 11.6 Å². The van der Waals surface area contributed by atoms with E-state index in [2.05, 4.69) is 10.6 Å². The molecule has 0 radical (unpaired) electrons. The summed E-state index contributed by atoms with van der Waals surface area (Å²) in [4.78, 5) is 34.3. The number of ether oxygens (including phenoxy) is 2. The lowest BCUT2D eigenvalue weighted by molar-refractivity contribution is -0.385. The molecule has 0 saturated carbocycles. The van der Waals surface area contributed by atoms with E-state index in [1.165, 1.54) is 45.4 Å². The van der Waals surface area contributed by atoms with Crippen LogP contribution in [-0.4, -0.2) is 31.0 Å². The number of anilines is 2. The fourth-order valence-electron chi connectivity index (χ4n) is 2.28. The van der Waals surface area contributed by atoms with Crippen molar-refractivity contribution < 1.29 is 24.0 Å². The molecule has 2 aromatic rings. The van der Waals surface area contributed by atoms with Gasteiger partial charge >= 0.3 is 0 Å². The first kappa shape index (κ1) is 20.0. The zero-order valence-corrected chi connectivity index (χ0v) is 15.4. The average Bonchev–Trinajstić information content (AvgIpc) is 2.62. The van der Waals surface area contributed by atoms with Gasteiger partial charge in [0.15, 0.2) is 11.5 Å². The topological polar surface area (TPSA) is 120 Å². The smallest absolute Gasteiger partial charge is 0.286 e. The number of nitro groups is 1. The second kappa shape index (κ2) is 8.37. The molecule has 0 unspecified atom stereocenters. The van der Waals surface area contributed by atoms with Gasteiger partial charge in [-0.2, -0.15) is 0 Å². The zero-order chi connectivity index (χ0) is 20.1. The van der Waals surface area contributed by atoms with Crippen molar-refractivity contribution in [3.05, 3.63) is 51.0 Å². The Morgan fingerprint density at radius 1 is 1.07 bits per heavy atom. The molecule has 142 valence electrons. The number of halogens is 1. The summed E-state index contributed by atoms with van der Waals surface area (Å²) in [5, 5.41) is 16.6. The Morgan fingerprint density at radius 2 is 1.70 bits per heavy atom. The molecule has 2 aromatic carbocycles. The molecule has 10 heteroatoms. The van der Waals surface area contributed by atoms with E-state index in [9.17, 15) is 19.7 Å². The molecule has 0 saturated heterocycles. The number of nitro benzene ring substituents is 1. The molecule has 0 aromatic heterocycles. The molecule has 2 rings (SSSR count). The van der Waals surface area contributed by atoms with Gasteiger partial charge in [-0.15, -0.1) is 0 Å². The molecule has 0 atom stereocenters. The van der Waals surface area contributed by atoms with Gasteiger partial charge in [-0.25, -0.2) is 0 Å². The summed E-state index contributed by atoms with van der Waals surface area (Å²) < 4.78 is 10.1. The maximum Gasteiger partial charge on any atom is 0.286 e. The molecule has 0 heterocycles. The third-order valence-electron chi connectivity index (χ3n) is 3.48. The molecule has 2 amide bonds. The fraction of sp³-hybridized carbons (Fsp3) is 0.176. The van der Waals surface area contributed by atoms with Crippen molar-refractivity contribution in [3.8, 4) is 11.5 Å². The molecule has 0 aliphatic carbocycles. The zero-order valence-electron chi connectivity index (χ0n) is 14.7. The molecule has 0 aliphatic heterocycles. The minimum atomic E-state index is -0.731. The van der Waals surface area contributed by atoms with E-state index in [4.69, 9.17) is 21.1 Å². The van der Waals surface area contributed by atoms with Crippen LogP contribution in [0.1, 0.15) is 17.3 Å². The van der Waals surface area contributed by atoms with Gasteiger partial charge in [0.05, 0.1) is 35.9 Å². The van der Waals surface area contributed by atoms with E-state index in [-0.39, 0.29) is 28.0 Å². The van der Waals surface area contributed by atoms with Crippen LogP contribution in [0.2, 0.25) is 5.02 Å². The van der Waals surface area contributed by atoms with Crippen LogP contribution in [0.25, 0.3) is 0 Å². The van der Waals surface area contributed by atoms with Gasteiger partial charge in [0, 0.05) is 18.7 Å². The minimum absolute atomic E-state index is 0.128. The third-order valence-corrected chi connectivity index (χ3v) is 3.79. The summed E-state index contributed by atoms with van der Waals surface area (Å²) >= 11 is 6.06. The number of rotatable bonds is 6. The molecule has 27 heavy (non-hydrogen) atoms. The summed E-state index contributed by atoms with van der Waals surface area (Å²) in [5.74, 6) is -0.726. The van der Waals surface area contributed by atoms with E-state index in [1.54, 1.807) is 0 Å². The van der Waals surface area contributed by atoms with Crippen molar-refractivity contribution in [2.24, 2.45) is 0 Å². The largest absolute Gasteiger partial charge is 0.493 e. The number of carbonyl (C=O) groups excluding carboxylic acids is 2. The van der Waals surface area contributed by atoms with E-state index in [1.807, 2.05) is 0 Å². The summed E-state index contributed by atoms with van der Waals surface area (Å²) in [6.45, 7) is 1.34. The fourth-order valence-corrected chi connectivity index (χ4v) is 2.51. The lowest BCUT2D eigenvalue weighted by Crippen LogP contribution is -2.15. The number of nitrogens with one attached hydrogen (secondary N) is 2. The van der Waals surface area contributed by atoms with Crippen molar-refractivity contribution in [3.63, 3.8) is 0 Å². The van der Waals surface area contributed by atoms with Crippen molar-refractivity contribution in [1.29, 1.82) is 0 Å². The number of hydrogen-bond donors (Lipinski definition) is 2. The number of amides is 2. The van der Waals surface area contributed by atoms with Gasteiger partial charge in [-0.3, -0.25) is 19.7 Å². The quantitative estimate of drug-likeness (QED) is 0.572. The normalized spacial score (nSPS) is 10.1. The first-order chi connectivity index (χ1) is 12.8. The lowest BCUT2D eigenvalue weighted by atomic mass is 10.1. The molecule has 0 bridgehead atoms. The maximum atomic E-state index is 12.6.